The van der Waals surface area contributed by atoms with Gasteiger partial charge in [-0.25, -0.2) is 9.79 Å². The lowest BCUT2D eigenvalue weighted by atomic mass is 10.0. The van der Waals surface area contributed by atoms with Crippen LogP contribution in [0.3, 0.4) is 0 Å². The minimum absolute atomic E-state index is 0.232. The zero-order chi connectivity index (χ0) is 18.8. The molecule has 5 nitrogen and oxygen atoms in total. The Kier molecular flexibility index (Phi) is 4.34. The predicted octanol–water partition coefficient (Wildman–Crippen LogP) is 4.20. The lowest BCUT2D eigenvalue weighted by Gasteiger charge is -2.08. The average Bonchev–Trinajstić information content (AvgIpc) is 3.08. The van der Waals surface area contributed by atoms with Crippen molar-refractivity contribution in [2.24, 2.45) is 4.99 Å². The first-order valence-corrected chi connectivity index (χ1v) is 8.42. The molecule has 0 amide bonds. The molecule has 0 spiro atoms. The predicted molar refractivity (Wildman–Crippen MR) is 104 cm³/mol. The van der Waals surface area contributed by atoms with Gasteiger partial charge in [-0.1, -0.05) is 30.3 Å². The number of benzene rings is 3. The Hall–Kier alpha value is -3.60. The highest BCUT2D eigenvalue weighted by atomic mass is 16.6. The minimum Gasteiger partial charge on any atom is -0.497 e. The van der Waals surface area contributed by atoms with Crippen molar-refractivity contribution < 1.29 is 19.0 Å². The molecule has 0 bridgehead atoms. The molecule has 0 unspecified atom stereocenters. The molecule has 3 aromatic carbocycles. The Bertz CT molecular complexity index is 1080. The topological polar surface area (TPSA) is 57.1 Å². The Labute approximate surface area is 156 Å². The maximum Gasteiger partial charge on any atom is 0.363 e. The number of rotatable bonds is 4. The van der Waals surface area contributed by atoms with Gasteiger partial charge in [-0.15, -0.1) is 0 Å². The zero-order valence-electron chi connectivity index (χ0n) is 14.9. The average molecular weight is 359 g/mol. The molecule has 0 saturated carbocycles. The summed E-state index contributed by atoms with van der Waals surface area (Å²) >= 11 is 0. The lowest BCUT2D eigenvalue weighted by Crippen LogP contribution is -2.05. The van der Waals surface area contributed by atoms with E-state index in [4.69, 9.17) is 14.2 Å². The van der Waals surface area contributed by atoms with Crippen molar-refractivity contribution in [3.8, 4) is 11.5 Å². The number of aliphatic imine (C=N–C) groups is 1. The first-order valence-electron chi connectivity index (χ1n) is 8.42. The fraction of sp³-hybridized carbons (Fsp3) is 0.0909. The van der Waals surface area contributed by atoms with E-state index in [-0.39, 0.29) is 11.6 Å². The second-order valence-corrected chi connectivity index (χ2v) is 5.97. The Balaban J connectivity index is 1.78. The molecule has 3 aromatic rings. The van der Waals surface area contributed by atoms with Crippen LogP contribution < -0.4 is 9.47 Å². The summed E-state index contributed by atoms with van der Waals surface area (Å²) < 4.78 is 16.0. The number of hydrogen-bond donors (Lipinski definition) is 0. The third-order valence-electron chi connectivity index (χ3n) is 4.39. The van der Waals surface area contributed by atoms with E-state index < -0.39 is 5.97 Å². The van der Waals surface area contributed by atoms with Crippen LogP contribution in [-0.4, -0.2) is 26.1 Å². The Morgan fingerprint density at radius 3 is 2.44 bits per heavy atom. The van der Waals surface area contributed by atoms with E-state index in [1.807, 2.05) is 36.4 Å². The standard InChI is InChI=1S/C22H17NO4/c1-25-16-10-7-15(8-11-16)21-23-19(22(24)27-21)13-18-17-6-4-3-5-14(17)9-12-20(18)26-2/h3-13H,1-2H3. The Morgan fingerprint density at radius 2 is 1.70 bits per heavy atom. The fourth-order valence-corrected chi connectivity index (χ4v) is 3.01. The van der Waals surface area contributed by atoms with Gasteiger partial charge in [-0.3, -0.25) is 0 Å². The van der Waals surface area contributed by atoms with Crippen molar-refractivity contribution in [1.29, 1.82) is 0 Å². The normalized spacial score (nSPS) is 15.0. The van der Waals surface area contributed by atoms with Gasteiger partial charge in [0.1, 0.15) is 11.5 Å². The largest absolute Gasteiger partial charge is 0.497 e. The molecule has 1 aliphatic rings. The monoisotopic (exact) mass is 359 g/mol. The molecule has 1 aliphatic heterocycles. The maximum absolute atomic E-state index is 12.4. The van der Waals surface area contributed by atoms with Gasteiger partial charge >= 0.3 is 5.97 Å². The van der Waals surface area contributed by atoms with Crippen LogP contribution in [0.25, 0.3) is 16.8 Å². The van der Waals surface area contributed by atoms with Crippen molar-refractivity contribution in [2.75, 3.05) is 14.2 Å². The van der Waals surface area contributed by atoms with Crippen molar-refractivity contribution in [3.63, 3.8) is 0 Å². The van der Waals surface area contributed by atoms with Crippen LogP contribution in [0.4, 0.5) is 0 Å². The SMILES string of the molecule is COc1ccc(C2=NC(=Cc3c(OC)ccc4ccccc34)C(=O)O2)cc1. The van der Waals surface area contributed by atoms with Crippen LogP contribution in [0, 0.1) is 0 Å². The molecule has 0 saturated heterocycles. The molecule has 27 heavy (non-hydrogen) atoms. The van der Waals surface area contributed by atoms with Crippen LogP contribution in [0.5, 0.6) is 11.5 Å². The molecule has 0 radical (unpaired) electrons. The van der Waals surface area contributed by atoms with Crippen LogP contribution in [0.2, 0.25) is 0 Å². The summed E-state index contributed by atoms with van der Waals surface area (Å²) in [6.45, 7) is 0. The molecule has 0 aromatic heterocycles. The second kappa shape index (κ2) is 6.96. The summed E-state index contributed by atoms with van der Waals surface area (Å²) in [6, 6.07) is 19.0. The number of hydrogen-bond acceptors (Lipinski definition) is 5. The molecule has 5 heteroatoms. The van der Waals surface area contributed by atoms with E-state index in [1.54, 1.807) is 44.6 Å². The van der Waals surface area contributed by atoms with Crippen molar-refractivity contribution >= 4 is 28.7 Å². The maximum atomic E-state index is 12.4. The number of ether oxygens (including phenoxy) is 3. The third kappa shape index (κ3) is 3.15. The zero-order valence-corrected chi connectivity index (χ0v) is 14.9. The number of fused-ring (bicyclic) bond motifs is 1. The molecule has 4 rings (SSSR count). The number of nitrogens with zero attached hydrogens (tertiary/aromatic N) is 1. The molecule has 134 valence electrons. The van der Waals surface area contributed by atoms with Crippen LogP contribution in [0.1, 0.15) is 11.1 Å². The van der Waals surface area contributed by atoms with Gasteiger partial charge in [-0.2, -0.15) is 0 Å². The smallest absolute Gasteiger partial charge is 0.363 e. The van der Waals surface area contributed by atoms with Crippen LogP contribution in [-0.2, 0) is 9.53 Å². The first-order chi connectivity index (χ1) is 13.2. The highest BCUT2D eigenvalue weighted by Crippen LogP contribution is 2.31. The first kappa shape index (κ1) is 16.8. The summed E-state index contributed by atoms with van der Waals surface area (Å²) in [5.41, 5.74) is 1.73. The van der Waals surface area contributed by atoms with Gasteiger partial charge in [0.15, 0.2) is 5.70 Å². The molecule has 0 aliphatic carbocycles. The second-order valence-electron chi connectivity index (χ2n) is 5.97. The van der Waals surface area contributed by atoms with Crippen LogP contribution >= 0.6 is 0 Å². The van der Waals surface area contributed by atoms with Crippen molar-refractivity contribution in [2.45, 2.75) is 0 Å². The van der Waals surface area contributed by atoms with E-state index in [0.717, 1.165) is 22.1 Å². The number of esters is 1. The van der Waals surface area contributed by atoms with E-state index >= 15 is 0 Å². The Morgan fingerprint density at radius 1 is 0.926 bits per heavy atom. The highest BCUT2D eigenvalue weighted by molar-refractivity contribution is 6.13. The van der Waals surface area contributed by atoms with E-state index in [2.05, 4.69) is 4.99 Å². The highest BCUT2D eigenvalue weighted by Gasteiger charge is 2.25. The van der Waals surface area contributed by atoms with E-state index in [0.29, 0.717) is 11.3 Å². The minimum atomic E-state index is -0.490. The number of cyclic esters (lactones) is 1. The summed E-state index contributed by atoms with van der Waals surface area (Å²) in [4.78, 5) is 16.7. The molecule has 1 heterocycles. The molecular formula is C22H17NO4. The van der Waals surface area contributed by atoms with Crippen molar-refractivity contribution in [3.05, 3.63) is 77.5 Å². The van der Waals surface area contributed by atoms with Crippen LogP contribution in [0.15, 0.2) is 71.4 Å². The number of carbonyl (C=O) groups is 1. The number of carbonyl (C=O) groups excluding carboxylic acids is 1. The quantitative estimate of drug-likeness (QED) is 0.517. The van der Waals surface area contributed by atoms with E-state index in [1.165, 1.54) is 0 Å². The van der Waals surface area contributed by atoms with Gasteiger partial charge in [0, 0.05) is 11.1 Å². The van der Waals surface area contributed by atoms with Gasteiger partial charge in [-0.05, 0) is 47.2 Å². The van der Waals surface area contributed by atoms with Gasteiger partial charge in [0.25, 0.3) is 0 Å². The fourth-order valence-electron chi connectivity index (χ4n) is 3.01. The summed E-state index contributed by atoms with van der Waals surface area (Å²) in [6.07, 6.45) is 1.71. The molecular weight excluding hydrogens is 342 g/mol. The third-order valence-corrected chi connectivity index (χ3v) is 4.39. The number of methoxy groups -OCH3 is 2. The molecule has 0 N–H and O–H groups in total. The van der Waals surface area contributed by atoms with Gasteiger partial charge in [0.2, 0.25) is 5.90 Å². The van der Waals surface area contributed by atoms with Gasteiger partial charge < -0.3 is 14.2 Å². The van der Waals surface area contributed by atoms with Gasteiger partial charge in [0.05, 0.1) is 14.2 Å². The lowest BCUT2D eigenvalue weighted by molar-refractivity contribution is -0.129. The van der Waals surface area contributed by atoms with E-state index in [9.17, 15) is 4.79 Å². The summed E-state index contributed by atoms with van der Waals surface area (Å²) in [5, 5.41) is 2.03. The molecule has 0 atom stereocenters. The summed E-state index contributed by atoms with van der Waals surface area (Å²) in [5.74, 6) is 1.17. The molecule has 0 fully saturated rings. The summed E-state index contributed by atoms with van der Waals surface area (Å²) in [7, 11) is 3.20. The van der Waals surface area contributed by atoms with Crippen molar-refractivity contribution in [1.82, 2.24) is 0 Å².